The highest BCUT2D eigenvalue weighted by atomic mass is 32.2. The fraction of sp³-hybridized carbons (Fsp3) is 0.185. The Labute approximate surface area is 229 Å². The van der Waals surface area contributed by atoms with Gasteiger partial charge in [0.1, 0.15) is 11.1 Å². The number of sulfonamides is 1. The van der Waals surface area contributed by atoms with Crippen LogP contribution < -0.4 is 10.0 Å². The molecule has 2 aromatic heterocycles. The molecule has 39 heavy (non-hydrogen) atoms. The van der Waals surface area contributed by atoms with Gasteiger partial charge in [0.25, 0.3) is 15.9 Å². The van der Waals surface area contributed by atoms with Crippen LogP contribution in [0, 0.1) is 13.8 Å². The Balaban J connectivity index is 1.23. The van der Waals surface area contributed by atoms with Crippen molar-refractivity contribution in [2.24, 2.45) is 0 Å². The number of nitrogens with zero attached hydrogens (tertiary/aromatic N) is 3. The summed E-state index contributed by atoms with van der Waals surface area (Å²) in [5.74, 6) is 0.775. The van der Waals surface area contributed by atoms with E-state index in [1.165, 1.54) is 36.0 Å². The maximum atomic E-state index is 12.8. The lowest BCUT2D eigenvalue weighted by Crippen LogP contribution is -2.27. The van der Waals surface area contributed by atoms with Gasteiger partial charge in [-0.1, -0.05) is 12.1 Å². The van der Waals surface area contributed by atoms with Crippen LogP contribution in [0.2, 0.25) is 0 Å². The van der Waals surface area contributed by atoms with Crippen LogP contribution in [0.3, 0.4) is 0 Å². The molecule has 0 saturated carbocycles. The lowest BCUT2D eigenvalue weighted by Gasteiger charge is -2.23. The molecule has 2 amide bonds. The smallest absolute Gasteiger partial charge is 0.264 e. The molecule has 1 aliphatic rings. The summed E-state index contributed by atoms with van der Waals surface area (Å²) in [5.41, 5.74) is 3.06. The summed E-state index contributed by atoms with van der Waals surface area (Å²) in [4.78, 5) is 35.2. The zero-order valence-electron chi connectivity index (χ0n) is 21.1. The number of thioether (sulfide) groups is 1. The number of amides is 2. The van der Waals surface area contributed by atoms with E-state index in [1.54, 1.807) is 49.3 Å². The lowest BCUT2D eigenvalue weighted by molar-refractivity contribution is -0.128. The molecule has 2 aromatic carbocycles. The van der Waals surface area contributed by atoms with Gasteiger partial charge in [0, 0.05) is 22.6 Å². The molecule has 1 saturated heterocycles. The second-order valence-corrected chi connectivity index (χ2v) is 11.7. The standard InChI is InChI=1S/C27H25N5O5S2/c1-17-14-18(2)29-27(28-17)31-39(35,36)23-11-9-21(10-12-23)30-25(34)19-5-7-20(8-6-19)26-32(24(33)16-38-26)15-22-4-3-13-37-22/h3-14,26H,15-16H2,1-2H3,(H,30,34)(H,28,29,31)/t26-/m0/s1. The Morgan fingerprint density at radius 3 is 2.38 bits per heavy atom. The second-order valence-electron chi connectivity index (χ2n) is 8.94. The van der Waals surface area contributed by atoms with Gasteiger partial charge in [-0.25, -0.2) is 23.1 Å². The molecule has 200 valence electrons. The quantitative estimate of drug-likeness (QED) is 0.320. The fourth-order valence-corrected chi connectivity index (χ4v) is 6.27. The minimum Gasteiger partial charge on any atom is -0.467 e. The maximum Gasteiger partial charge on any atom is 0.264 e. The normalized spacial score (nSPS) is 15.4. The third kappa shape index (κ3) is 6.13. The van der Waals surface area contributed by atoms with Crippen molar-refractivity contribution in [2.75, 3.05) is 15.8 Å². The molecular formula is C27H25N5O5S2. The highest BCUT2D eigenvalue weighted by Crippen LogP contribution is 2.39. The Morgan fingerprint density at radius 2 is 1.74 bits per heavy atom. The highest BCUT2D eigenvalue weighted by molar-refractivity contribution is 8.00. The lowest BCUT2D eigenvalue weighted by atomic mass is 10.1. The SMILES string of the molecule is Cc1cc(C)nc(NS(=O)(=O)c2ccc(NC(=O)c3ccc([C@@H]4SCC(=O)N4Cc4ccco4)cc3)cc2)n1. The molecule has 1 aliphatic heterocycles. The molecular weight excluding hydrogens is 538 g/mol. The number of aromatic nitrogens is 2. The molecule has 4 aromatic rings. The van der Waals surface area contributed by atoms with Gasteiger partial charge in [0.15, 0.2) is 0 Å². The Hall–Kier alpha value is -4.16. The van der Waals surface area contributed by atoms with E-state index in [1.807, 2.05) is 18.2 Å². The third-order valence-electron chi connectivity index (χ3n) is 5.96. The van der Waals surface area contributed by atoms with Crippen LogP contribution in [0.25, 0.3) is 0 Å². The number of benzene rings is 2. The molecule has 0 bridgehead atoms. The molecule has 1 atom stereocenters. The fourth-order valence-electron chi connectivity index (χ4n) is 4.14. The predicted octanol–water partition coefficient (Wildman–Crippen LogP) is 4.51. The van der Waals surface area contributed by atoms with E-state index in [0.29, 0.717) is 40.7 Å². The Morgan fingerprint density at radius 1 is 1.05 bits per heavy atom. The minimum atomic E-state index is -3.91. The molecule has 10 nitrogen and oxygen atoms in total. The van der Waals surface area contributed by atoms with Crippen molar-refractivity contribution in [1.29, 1.82) is 0 Å². The number of furan rings is 1. The highest BCUT2D eigenvalue weighted by Gasteiger charge is 2.33. The van der Waals surface area contributed by atoms with E-state index < -0.39 is 10.0 Å². The number of aryl methyl sites for hydroxylation is 2. The molecule has 5 rings (SSSR count). The van der Waals surface area contributed by atoms with Gasteiger partial charge < -0.3 is 14.6 Å². The summed E-state index contributed by atoms with van der Waals surface area (Å²) < 4.78 is 33.3. The van der Waals surface area contributed by atoms with Gasteiger partial charge in [-0.15, -0.1) is 11.8 Å². The first kappa shape index (κ1) is 26.4. The molecule has 0 radical (unpaired) electrons. The summed E-state index contributed by atoms with van der Waals surface area (Å²) in [6.07, 6.45) is 1.58. The van der Waals surface area contributed by atoms with Crippen molar-refractivity contribution >= 4 is 45.2 Å². The Kier molecular flexibility index (Phi) is 7.40. The first-order chi connectivity index (χ1) is 18.7. The van der Waals surface area contributed by atoms with Gasteiger partial charge in [-0.05, 0) is 74.0 Å². The summed E-state index contributed by atoms with van der Waals surface area (Å²) in [6, 6.07) is 18.2. The van der Waals surface area contributed by atoms with Crippen LogP contribution in [0.4, 0.5) is 11.6 Å². The van der Waals surface area contributed by atoms with Crippen molar-refractivity contribution in [1.82, 2.24) is 14.9 Å². The molecule has 2 N–H and O–H groups in total. The number of carbonyl (C=O) groups excluding carboxylic acids is 2. The molecule has 0 spiro atoms. The maximum absolute atomic E-state index is 12.8. The van der Waals surface area contributed by atoms with Crippen molar-refractivity contribution in [3.05, 3.63) is 101 Å². The largest absolute Gasteiger partial charge is 0.467 e. The zero-order valence-corrected chi connectivity index (χ0v) is 22.8. The van der Waals surface area contributed by atoms with Gasteiger partial charge in [0.2, 0.25) is 11.9 Å². The second kappa shape index (κ2) is 10.9. The topological polar surface area (TPSA) is 134 Å². The number of hydrogen-bond donors (Lipinski definition) is 2. The van der Waals surface area contributed by atoms with Gasteiger partial charge in [-0.3, -0.25) is 9.59 Å². The third-order valence-corrected chi connectivity index (χ3v) is 8.56. The molecule has 3 heterocycles. The van der Waals surface area contributed by atoms with Crippen molar-refractivity contribution in [3.8, 4) is 0 Å². The van der Waals surface area contributed by atoms with E-state index in [9.17, 15) is 18.0 Å². The van der Waals surface area contributed by atoms with E-state index in [0.717, 1.165) is 5.56 Å². The summed E-state index contributed by atoms with van der Waals surface area (Å²) >= 11 is 1.53. The van der Waals surface area contributed by atoms with Crippen molar-refractivity contribution in [3.63, 3.8) is 0 Å². The van der Waals surface area contributed by atoms with Gasteiger partial charge in [0.05, 0.1) is 23.5 Å². The van der Waals surface area contributed by atoms with Crippen LogP contribution in [-0.4, -0.2) is 40.9 Å². The van der Waals surface area contributed by atoms with Crippen LogP contribution in [0.5, 0.6) is 0 Å². The van der Waals surface area contributed by atoms with E-state index in [4.69, 9.17) is 4.42 Å². The van der Waals surface area contributed by atoms with E-state index in [2.05, 4.69) is 20.0 Å². The Bertz CT molecular complexity index is 1590. The number of carbonyl (C=O) groups is 2. The molecule has 1 fully saturated rings. The predicted molar refractivity (Wildman–Crippen MR) is 148 cm³/mol. The molecule has 0 unspecified atom stereocenters. The average Bonchev–Trinajstić information content (AvgIpc) is 3.54. The number of nitrogens with one attached hydrogen (secondary N) is 2. The summed E-state index contributed by atoms with van der Waals surface area (Å²) in [6.45, 7) is 3.89. The first-order valence-corrected chi connectivity index (χ1v) is 14.5. The number of rotatable bonds is 8. The van der Waals surface area contributed by atoms with Crippen LogP contribution in [-0.2, 0) is 21.4 Å². The van der Waals surface area contributed by atoms with Gasteiger partial charge >= 0.3 is 0 Å². The summed E-state index contributed by atoms with van der Waals surface area (Å²) in [5, 5.41) is 2.61. The number of hydrogen-bond acceptors (Lipinski definition) is 8. The monoisotopic (exact) mass is 563 g/mol. The van der Waals surface area contributed by atoms with Gasteiger partial charge in [-0.2, -0.15) is 0 Å². The van der Waals surface area contributed by atoms with Crippen LogP contribution >= 0.6 is 11.8 Å². The number of anilines is 2. The van der Waals surface area contributed by atoms with Crippen molar-refractivity contribution < 1.29 is 22.4 Å². The van der Waals surface area contributed by atoms with E-state index >= 15 is 0 Å². The van der Waals surface area contributed by atoms with E-state index in [-0.39, 0.29) is 28.0 Å². The first-order valence-electron chi connectivity index (χ1n) is 12.0. The van der Waals surface area contributed by atoms with Crippen LogP contribution in [0.15, 0.2) is 82.3 Å². The van der Waals surface area contributed by atoms with Crippen LogP contribution in [0.1, 0.15) is 38.4 Å². The minimum absolute atomic E-state index is 0.00205. The average molecular weight is 564 g/mol. The van der Waals surface area contributed by atoms with Crippen molar-refractivity contribution in [2.45, 2.75) is 30.7 Å². The summed E-state index contributed by atoms with van der Waals surface area (Å²) in [7, 11) is -3.91. The zero-order chi connectivity index (χ0) is 27.6. The molecule has 0 aliphatic carbocycles. The molecule has 12 heteroatoms.